The van der Waals surface area contributed by atoms with Crippen LogP contribution in [-0.4, -0.2) is 6.36 Å². The molecule has 2 nitrogen and oxygen atoms in total. The third-order valence-electron chi connectivity index (χ3n) is 1.51. The predicted octanol–water partition coefficient (Wildman–Crippen LogP) is 3.56. The van der Waals surface area contributed by atoms with E-state index in [9.17, 15) is 13.2 Å². The summed E-state index contributed by atoms with van der Waals surface area (Å²) in [6, 6.07) is 2.38. The van der Waals surface area contributed by atoms with E-state index in [0.717, 1.165) is 6.07 Å². The molecule has 0 radical (unpaired) electrons. The quantitative estimate of drug-likeness (QED) is 0.651. The van der Waals surface area contributed by atoms with Gasteiger partial charge in [0.05, 0.1) is 5.02 Å². The molecule has 0 aliphatic carbocycles. The molecular weight excluding hydrogens is 254 g/mol. The molecule has 0 amide bonds. The standard InChI is InChI=1S/C8H6Cl2F3NO/c9-3-4-1-5(14)2-6(7(4)10)15-8(11,12)13/h1-2H,3,14H2. The molecule has 0 heterocycles. The summed E-state index contributed by atoms with van der Waals surface area (Å²) < 4.78 is 39.5. The maximum absolute atomic E-state index is 11.9. The lowest BCUT2D eigenvalue weighted by Crippen LogP contribution is -2.17. The van der Waals surface area contributed by atoms with Gasteiger partial charge in [0.25, 0.3) is 0 Å². The average Bonchev–Trinajstić information content (AvgIpc) is 2.08. The smallest absolute Gasteiger partial charge is 0.404 e. The van der Waals surface area contributed by atoms with Gasteiger partial charge in [-0.15, -0.1) is 24.8 Å². The summed E-state index contributed by atoms with van der Waals surface area (Å²) in [5.74, 6) is -0.585. The molecule has 0 aliphatic rings. The highest BCUT2D eigenvalue weighted by Crippen LogP contribution is 2.35. The molecule has 0 saturated carbocycles. The zero-order valence-corrected chi connectivity index (χ0v) is 8.75. The van der Waals surface area contributed by atoms with E-state index in [1.807, 2.05) is 0 Å². The minimum atomic E-state index is -4.80. The number of hydrogen-bond donors (Lipinski definition) is 1. The normalized spacial score (nSPS) is 11.5. The number of nitrogen functional groups attached to an aromatic ring is 1. The van der Waals surface area contributed by atoms with Crippen LogP contribution in [0.15, 0.2) is 12.1 Å². The van der Waals surface area contributed by atoms with Crippen molar-refractivity contribution in [3.8, 4) is 5.75 Å². The lowest BCUT2D eigenvalue weighted by atomic mass is 10.2. The van der Waals surface area contributed by atoms with Gasteiger partial charge in [-0.3, -0.25) is 0 Å². The van der Waals surface area contributed by atoms with Crippen LogP contribution in [0.25, 0.3) is 0 Å². The van der Waals surface area contributed by atoms with Gasteiger partial charge in [-0.05, 0) is 11.6 Å². The van der Waals surface area contributed by atoms with Gasteiger partial charge in [0.15, 0.2) is 0 Å². The Morgan fingerprint density at radius 2 is 1.93 bits per heavy atom. The molecule has 0 saturated heterocycles. The van der Waals surface area contributed by atoms with Gasteiger partial charge in [0, 0.05) is 17.6 Å². The Morgan fingerprint density at radius 1 is 1.33 bits per heavy atom. The molecule has 1 aromatic rings. The van der Waals surface area contributed by atoms with Crippen LogP contribution in [0.3, 0.4) is 0 Å². The number of hydrogen-bond acceptors (Lipinski definition) is 2. The lowest BCUT2D eigenvalue weighted by molar-refractivity contribution is -0.274. The summed E-state index contributed by atoms with van der Waals surface area (Å²) in [4.78, 5) is 0. The Balaban J connectivity index is 3.12. The minimum absolute atomic E-state index is 0.0436. The average molecular weight is 260 g/mol. The Labute approximate surface area is 93.7 Å². The van der Waals surface area contributed by atoms with Crippen LogP contribution in [0.4, 0.5) is 18.9 Å². The molecule has 0 atom stereocenters. The van der Waals surface area contributed by atoms with Crippen LogP contribution < -0.4 is 10.5 Å². The molecule has 0 fully saturated rings. The molecule has 1 rings (SSSR count). The third-order valence-corrected chi connectivity index (χ3v) is 2.22. The fourth-order valence-electron chi connectivity index (χ4n) is 0.975. The second kappa shape index (κ2) is 4.37. The molecule has 7 heteroatoms. The van der Waals surface area contributed by atoms with E-state index in [4.69, 9.17) is 28.9 Å². The molecule has 0 aromatic heterocycles. The van der Waals surface area contributed by atoms with Gasteiger partial charge in [-0.1, -0.05) is 11.6 Å². The molecule has 0 spiro atoms. The van der Waals surface area contributed by atoms with Crippen molar-refractivity contribution in [2.45, 2.75) is 12.2 Å². The number of nitrogens with two attached hydrogens (primary N) is 1. The predicted molar refractivity (Wildman–Crippen MR) is 52.1 cm³/mol. The van der Waals surface area contributed by atoms with Crippen molar-refractivity contribution in [3.63, 3.8) is 0 Å². The van der Waals surface area contributed by atoms with E-state index in [-0.39, 0.29) is 22.2 Å². The zero-order chi connectivity index (χ0) is 11.6. The fourth-order valence-corrected chi connectivity index (χ4v) is 1.47. The summed E-state index contributed by atoms with van der Waals surface area (Å²) in [5, 5.41) is -0.184. The van der Waals surface area contributed by atoms with Crippen molar-refractivity contribution < 1.29 is 17.9 Å². The Bertz CT molecular complexity index is 368. The highest BCUT2D eigenvalue weighted by Gasteiger charge is 2.32. The Morgan fingerprint density at radius 3 is 2.40 bits per heavy atom. The van der Waals surface area contributed by atoms with Gasteiger partial charge < -0.3 is 10.5 Å². The molecule has 0 aliphatic heterocycles. The monoisotopic (exact) mass is 259 g/mol. The first-order valence-electron chi connectivity index (χ1n) is 3.73. The van der Waals surface area contributed by atoms with Gasteiger partial charge >= 0.3 is 6.36 Å². The molecule has 84 valence electrons. The van der Waals surface area contributed by atoms with Crippen LogP contribution in [0.2, 0.25) is 5.02 Å². The van der Waals surface area contributed by atoms with Gasteiger partial charge in [0.1, 0.15) is 5.75 Å². The number of anilines is 1. The van der Waals surface area contributed by atoms with Gasteiger partial charge in [-0.2, -0.15) is 0 Å². The maximum atomic E-state index is 11.9. The second-order valence-electron chi connectivity index (χ2n) is 2.67. The van der Waals surface area contributed by atoms with Crippen molar-refractivity contribution in [2.24, 2.45) is 0 Å². The largest absolute Gasteiger partial charge is 0.573 e. The molecule has 0 unspecified atom stereocenters. The van der Waals surface area contributed by atoms with Crippen LogP contribution in [0, 0.1) is 0 Å². The topological polar surface area (TPSA) is 35.2 Å². The zero-order valence-electron chi connectivity index (χ0n) is 7.24. The first kappa shape index (κ1) is 12.3. The fraction of sp³-hybridized carbons (Fsp3) is 0.250. The molecular formula is C8H6Cl2F3NO. The highest BCUT2D eigenvalue weighted by molar-refractivity contribution is 6.33. The SMILES string of the molecule is Nc1cc(CCl)c(Cl)c(OC(F)(F)F)c1. The molecule has 1 aromatic carbocycles. The van der Waals surface area contributed by atoms with E-state index in [2.05, 4.69) is 4.74 Å². The Kier molecular flexibility index (Phi) is 3.57. The first-order chi connectivity index (χ1) is 6.83. The van der Waals surface area contributed by atoms with Crippen molar-refractivity contribution in [2.75, 3.05) is 5.73 Å². The number of benzene rings is 1. The Hall–Kier alpha value is -0.810. The van der Waals surface area contributed by atoms with E-state index >= 15 is 0 Å². The van der Waals surface area contributed by atoms with Crippen molar-refractivity contribution in [3.05, 3.63) is 22.7 Å². The summed E-state index contributed by atoms with van der Waals surface area (Å²) in [7, 11) is 0. The van der Waals surface area contributed by atoms with E-state index in [0.29, 0.717) is 0 Å². The summed E-state index contributed by atoms with van der Waals surface area (Å²) in [5.41, 5.74) is 5.75. The number of rotatable bonds is 2. The molecule has 0 bridgehead atoms. The summed E-state index contributed by atoms with van der Waals surface area (Å²) >= 11 is 11.1. The van der Waals surface area contributed by atoms with Gasteiger partial charge in [-0.25, -0.2) is 0 Å². The summed E-state index contributed by atoms with van der Waals surface area (Å²) in [6.07, 6.45) is -4.80. The molecule has 15 heavy (non-hydrogen) atoms. The first-order valence-corrected chi connectivity index (χ1v) is 4.64. The number of alkyl halides is 4. The van der Waals surface area contributed by atoms with E-state index < -0.39 is 12.1 Å². The van der Waals surface area contributed by atoms with Gasteiger partial charge in [0.2, 0.25) is 0 Å². The van der Waals surface area contributed by atoms with Crippen LogP contribution >= 0.6 is 23.2 Å². The maximum Gasteiger partial charge on any atom is 0.573 e. The van der Waals surface area contributed by atoms with Crippen LogP contribution in [-0.2, 0) is 5.88 Å². The van der Waals surface area contributed by atoms with Crippen LogP contribution in [0.1, 0.15) is 5.56 Å². The number of ether oxygens (including phenoxy) is 1. The second-order valence-corrected chi connectivity index (χ2v) is 3.32. The van der Waals surface area contributed by atoms with Crippen molar-refractivity contribution in [1.82, 2.24) is 0 Å². The van der Waals surface area contributed by atoms with Crippen molar-refractivity contribution in [1.29, 1.82) is 0 Å². The third kappa shape index (κ3) is 3.35. The minimum Gasteiger partial charge on any atom is -0.404 e. The summed E-state index contributed by atoms with van der Waals surface area (Å²) in [6.45, 7) is 0. The highest BCUT2D eigenvalue weighted by atomic mass is 35.5. The number of halogens is 5. The van der Waals surface area contributed by atoms with E-state index in [1.165, 1.54) is 6.07 Å². The molecule has 2 N–H and O–H groups in total. The van der Waals surface area contributed by atoms with Crippen LogP contribution in [0.5, 0.6) is 5.75 Å². The van der Waals surface area contributed by atoms with E-state index in [1.54, 1.807) is 0 Å². The lowest BCUT2D eigenvalue weighted by Gasteiger charge is -2.12. The van der Waals surface area contributed by atoms with Crippen molar-refractivity contribution >= 4 is 28.9 Å².